The first-order valence-corrected chi connectivity index (χ1v) is 11.0. The maximum Gasteiger partial charge on any atom is 0.238 e. The second kappa shape index (κ2) is 8.00. The second-order valence-electron chi connectivity index (χ2n) is 6.23. The quantitative estimate of drug-likeness (QED) is 0.634. The number of nitrogens with zero attached hydrogens (tertiary/aromatic N) is 1. The van der Waals surface area contributed by atoms with Gasteiger partial charge in [0, 0.05) is 21.2 Å². The lowest BCUT2D eigenvalue weighted by Crippen LogP contribution is -2.17. The number of sulfonamides is 1. The van der Waals surface area contributed by atoms with E-state index in [9.17, 15) is 13.2 Å². The summed E-state index contributed by atoms with van der Waals surface area (Å²) in [5, 5.41) is 9.15. The molecule has 0 radical (unpaired) electrons. The van der Waals surface area contributed by atoms with Crippen molar-refractivity contribution in [2.45, 2.75) is 25.2 Å². The van der Waals surface area contributed by atoms with Gasteiger partial charge in [-0.2, -0.15) is 0 Å². The number of benzene rings is 2. The molecule has 0 aliphatic heterocycles. The first-order valence-electron chi connectivity index (χ1n) is 8.29. The van der Waals surface area contributed by atoms with Crippen LogP contribution in [0.2, 0.25) is 5.02 Å². The minimum absolute atomic E-state index is 0.0665. The summed E-state index contributed by atoms with van der Waals surface area (Å²) in [7, 11) is -4.01. The van der Waals surface area contributed by atoms with Crippen molar-refractivity contribution in [3.05, 3.63) is 63.6 Å². The average molecular weight is 436 g/mol. The molecule has 3 aromatic rings. The highest BCUT2D eigenvalue weighted by Gasteiger charge is 2.20. The first-order chi connectivity index (χ1) is 13.1. The van der Waals surface area contributed by atoms with E-state index in [0.29, 0.717) is 26.8 Å². The van der Waals surface area contributed by atoms with Gasteiger partial charge in [0.2, 0.25) is 15.9 Å². The van der Waals surface area contributed by atoms with Gasteiger partial charge >= 0.3 is 0 Å². The Morgan fingerprint density at radius 2 is 1.93 bits per heavy atom. The number of aryl methyl sites for hydroxylation is 2. The zero-order valence-corrected chi connectivity index (χ0v) is 17.6. The Bertz CT molecular complexity index is 1140. The highest BCUT2D eigenvalue weighted by Crippen LogP contribution is 2.33. The summed E-state index contributed by atoms with van der Waals surface area (Å²) < 4.78 is 24.2. The molecule has 146 valence electrons. The number of hydrogen-bond acceptors (Lipinski definition) is 5. The summed E-state index contributed by atoms with van der Waals surface area (Å²) in [4.78, 5) is 17.7. The van der Waals surface area contributed by atoms with Crippen molar-refractivity contribution in [3.63, 3.8) is 0 Å². The van der Waals surface area contributed by atoms with E-state index in [4.69, 9.17) is 16.7 Å². The van der Waals surface area contributed by atoms with Crippen molar-refractivity contribution in [2.75, 3.05) is 5.32 Å². The molecule has 2 aromatic carbocycles. The number of amides is 1. The van der Waals surface area contributed by atoms with Gasteiger partial charge in [-0.1, -0.05) is 29.8 Å². The highest BCUT2D eigenvalue weighted by atomic mass is 35.5. The van der Waals surface area contributed by atoms with Crippen LogP contribution in [-0.2, 0) is 21.2 Å². The van der Waals surface area contributed by atoms with Crippen LogP contribution >= 0.6 is 22.9 Å². The topological polar surface area (TPSA) is 102 Å². The molecule has 0 fully saturated rings. The standard InChI is InChI=1S/C19H18ClN3O3S2/c1-11-12(2)27-19(22-11)15-8-7-14(10-17(15)28(21,25)26)23-18(24)9-13-5-3-4-6-16(13)20/h3-8,10H,9H2,1-2H3,(H,23,24)(H2,21,25,26). The van der Waals surface area contributed by atoms with Gasteiger partial charge in [-0.05, 0) is 43.7 Å². The van der Waals surface area contributed by atoms with Gasteiger partial charge in [0.15, 0.2) is 0 Å². The van der Waals surface area contributed by atoms with Crippen LogP contribution < -0.4 is 10.5 Å². The predicted octanol–water partition coefficient (Wildman–Crippen LogP) is 3.91. The molecule has 3 N–H and O–H groups in total. The Kier molecular flexibility index (Phi) is 5.85. The van der Waals surface area contributed by atoms with Crippen molar-refractivity contribution >= 4 is 44.6 Å². The molecule has 1 aromatic heterocycles. The minimum Gasteiger partial charge on any atom is -0.326 e. The summed E-state index contributed by atoms with van der Waals surface area (Å²) in [6.07, 6.45) is 0.0665. The summed E-state index contributed by atoms with van der Waals surface area (Å²) in [5.74, 6) is -0.317. The smallest absolute Gasteiger partial charge is 0.238 e. The third kappa shape index (κ3) is 4.59. The Hall–Kier alpha value is -2.26. The number of thiazole rings is 1. The number of hydrogen-bond donors (Lipinski definition) is 2. The molecule has 28 heavy (non-hydrogen) atoms. The number of nitrogens with two attached hydrogens (primary N) is 1. The Morgan fingerprint density at radius 3 is 2.54 bits per heavy atom. The number of rotatable bonds is 5. The number of anilines is 1. The van der Waals surface area contributed by atoms with Crippen molar-refractivity contribution in [3.8, 4) is 10.6 Å². The van der Waals surface area contributed by atoms with Crippen molar-refractivity contribution in [2.24, 2.45) is 5.14 Å². The molecule has 0 unspecified atom stereocenters. The van der Waals surface area contributed by atoms with E-state index in [-0.39, 0.29) is 17.2 Å². The zero-order chi connectivity index (χ0) is 20.5. The molecule has 6 nitrogen and oxygen atoms in total. The molecule has 0 saturated carbocycles. The third-order valence-electron chi connectivity index (χ3n) is 4.14. The highest BCUT2D eigenvalue weighted by molar-refractivity contribution is 7.89. The van der Waals surface area contributed by atoms with Crippen LogP contribution in [0, 0.1) is 13.8 Å². The van der Waals surface area contributed by atoms with E-state index in [1.807, 2.05) is 13.8 Å². The summed E-state index contributed by atoms with van der Waals surface area (Å²) in [6.45, 7) is 3.77. The van der Waals surface area contributed by atoms with E-state index in [1.165, 1.54) is 17.4 Å². The van der Waals surface area contributed by atoms with Crippen molar-refractivity contribution in [1.29, 1.82) is 0 Å². The molecule has 0 saturated heterocycles. The van der Waals surface area contributed by atoms with Gasteiger partial charge in [0.05, 0.1) is 17.0 Å². The van der Waals surface area contributed by atoms with Gasteiger partial charge in [0.25, 0.3) is 0 Å². The van der Waals surface area contributed by atoms with Gasteiger partial charge < -0.3 is 5.32 Å². The normalized spacial score (nSPS) is 11.4. The molecule has 1 heterocycles. The Labute approximate surface area is 172 Å². The number of aromatic nitrogens is 1. The molecular formula is C19H18ClN3O3S2. The fraction of sp³-hybridized carbons (Fsp3) is 0.158. The molecule has 9 heteroatoms. The van der Waals surface area contributed by atoms with Gasteiger partial charge in [-0.3, -0.25) is 4.79 Å². The van der Waals surface area contributed by atoms with Crippen LogP contribution in [0.15, 0.2) is 47.4 Å². The van der Waals surface area contributed by atoms with E-state index < -0.39 is 10.0 Å². The number of carbonyl (C=O) groups excluding carboxylic acids is 1. The van der Waals surface area contributed by atoms with E-state index in [0.717, 1.165) is 10.6 Å². The molecule has 0 aliphatic carbocycles. The molecule has 0 bridgehead atoms. The van der Waals surface area contributed by atoms with Crippen molar-refractivity contribution in [1.82, 2.24) is 4.98 Å². The molecule has 1 amide bonds. The summed E-state index contributed by atoms with van der Waals surface area (Å²) in [6, 6.07) is 11.6. The molecule has 0 aliphatic rings. The molecule has 0 atom stereocenters. The van der Waals surface area contributed by atoms with Crippen LogP contribution in [0.3, 0.4) is 0 Å². The van der Waals surface area contributed by atoms with E-state index >= 15 is 0 Å². The van der Waals surface area contributed by atoms with Gasteiger partial charge in [-0.25, -0.2) is 18.5 Å². The minimum atomic E-state index is -4.01. The van der Waals surface area contributed by atoms with Crippen LogP contribution in [0.4, 0.5) is 5.69 Å². The summed E-state index contributed by atoms with van der Waals surface area (Å²) in [5.41, 5.74) is 2.25. The fourth-order valence-corrected chi connectivity index (χ4v) is 4.60. The van der Waals surface area contributed by atoms with E-state index in [2.05, 4.69) is 10.3 Å². The van der Waals surface area contributed by atoms with E-state index in [1.54, 1.807) is 36.4 Å². The predicted molar refractivity (Wildman–Crippen MR) is 112 cm³/mol. The number of nitrogens with one attached hydrogen (secondary N) is 1. The monoisotopic (exact) mass is 435 g/mol. The second-order valence-corrected chi connectivity index (χ2v) is 9.37. The van der Waals surface area contributed by atoms with Crippen LogP contribution in [0.1, 0.15) is 16.1 Å². The number of halogens is 1. The lowest BCUT2D eigenvalue weighted by molar-refractivity contribution is -0.115. The SMILES string of the molecule is Cc1nc(-c2ccc(NC(=O)Cc3ccccc3Cl)cc2S(N)(=O)=O)sc1C. The Balaban J connectivity index is 1.91. The van der Waals surface area contributed by atoms with Crippen molar-refractivity contribution < 1.29 is 13.2 Å². The zero-order valence-electron chi connectivity index (χ0n) is 15.2. The third-order valence-corrected chi connectivity index (χ3v) is 6.57. The number of carbonyl (C=O) groups is 1. The van der Waals surface area contributed by atoms with Crippen LogP contribution in [-0.4, -0.2) is 19.3 Å². The summed E-state index contributed by atoms with van der Waals surface area (Å²) >= 11 is 7.47. The Morgan fingerprint density at radius 1 is 1.21 bits per heavy atom. The molecular weight excluding hydrogens is 418 g/mol. The lowest BCUT2D eigenvalue weighted by atomic mass is 10.1. The van der Waals surface area contributed by atoms with Crippen LogP contribution in [0.5, 0.6) is 0 Å². The maximum atomic E-state index is 12.3. The van der Waals surface area contributed by atoms with Gasteiger partial charge in [0.1, 0.15) is 5.01 Å². The molecule has 3 rings (SSSR count). The first kappa shape index (κ1) is 20.5. The fourth-order valence-electron chi connectivity index (χ4n) is 2.62. The average Bonchev–Trinajstić information content (AvgIpc) is 2.95. The maximum absolute atomic E-state index is 12.3. The lowest BCUT2D eigenvalue weighted by Gasteiger charge is -2.10. The number of primary sulfonamides is 1. The van der Waals surface area contributed by atoms with Crippen LogP contribution in [0.25, 0.3) is 10.6 Å². The molecule has 0 spiro atoms. The van der Waals surface area contributed by atoms with Gasteiger partial charge in [-0.15, -0.1) is 11.3 Å². The largest absolute Gasteiger partial charge is 0.326 e.